The van der Waals surface area contributed by atoms with Crippen LogP contribution >= 0.6 is 11.3 Å². The fourth-order valence-electron chi connectivity index (χ4n) is 7.67. The van der Waals surface area contributed by atoms with Crippen LogP contribution in [0.2, 0.25) is 0 Å². The van der Waals surface area contributed by atoms with Gasteiger partial charge in [-0.3, -0.25) is 0 Å². The highest BCUT2D eigenvalue weighted by atomic mass is 32.1. The fraction of sp³-hybridized carbons (Fsp3) is 0. The molecule has 0 bridgehead atoms. The maximum atomic E-state index is 6.32. The quantitative estimate of drug-likeness (QED) is 0.186. The van der Waals surface area contributed by atoms with Crippen molar-refractivity contribution in [3.63, 3.8) is 0 Å². The highest BCUT2D eigenvalue weighted by Crippen LogP contribution is 2.44. The Morgan fingerprint density at radius 2 is 1.00 bits per heavy atom. The number of hydrogen-bond donors (Lipinski definition) is 0. The highest BCUT2D eigenvalue weighted by Gasteiger charge is 2.18. The summed E-state index contributed by atoms with van der Waals surface area (Å²) in [4.78, 5) is 10.5. The molecule has 0 aliphatic carbocycles. The van der Waals surface area contributed by atoms with Crippen molar-refractivity contribution in [3.8, 4) is 45.0 Å². The summed E-state index contributed by atoms with van der Waals surface area (Å²) < 4.78 is 8.83. The summed E-state index contributed by atoms with van der Waals surface area (Å²) in [6.45, 7) is 0. The standard InChI is InChI=1S/C48H28N2OS/c1-3-11-31-23-33(19-17-29(31)9-1)40-25-36(27-46-47(40)39-14-6-8-16-45(39)52-46)42-28-41(34-21-22-38-37-13-5-7-15-43(37)51-44(38)26-34)49-48(50-42)35-20-18-30-10-2-4-12-32(30)24-35/h1-28H. The SMILES string of the molecule is c1ccc2cc(-c3nc(-c4ccc5c(c4)oc4ccccc45)cc(-c4cc(-c5ccc6ccccc6c5)c5c(c4)sc4ccccc45)n3)ccc2c1. The molecule has 52 heavy (non-hydrogen) atoms. The molecule has 8 aromatic carbocycles. The van der Waals surface area contributed by atoms with E-state index in [0.717, 1.165) is 55.4 Å². The first-order chi connectivity index (χ1) is 25.7. The van der Waals surface area contributed by atoms with E-state index < -0.39 is 0 Å². The van der Waals surface area contributed by atoms with E-state index in [2.05, 4.69) is 158 Å². The van der Waals surface area contributed by atoms with E-state index in [1.165, 1.54) is 47.5 Å². The zero-order chi connectivity index (χ0) is 34.2. The Bertz CT molecular complexity index is 3210. The van der Waals surface area contributed by atoms with Crippen molar-refractivity contribution in [1.82, 2.24) is 9.97 Å². The van der Waals surface area contributed by atoms with Gasteiger partial charge < -0.3 is 4.42 Å². The van der Waals surface area contributed by atoms with Gasteiger partial charge in [-0.2, -0.15) is 0 Å². The summed E-state index contributed by atoms with van der Waals surface area (Å²) >= 11 is 1.83. The van der Waals surface area contributed by atoms with Crippen LogP contribution < -0.4 is 0 Å². The number of aromatic nitrogens is 2. The molecule has 0 radical (unpaired) electrons. The number of nitrogens with zero attached hydrogens (tertiary/aromatic N) is 2. The first-order valence-electron chi connectivity index (χ1n) is 17.5. The molecule has 11 rings (SSSR count). The zero-order valence-electron chi connectivity index (χ0n) is 27.9. The number of fused-ring (bicyclic) bond motifs is 8. The minimum Gasteiger partial charge on any atom is -0.456 e. The summed E-state index contributed by atoms with van der Waals surface area (Å²) in [5.41, 5.74) is 8.85. The molecule has 0 fully saturated rings. The third kappa shape index (κ3) is 4.73. The Morgan fingerprint density at radius 1 is 0.385 bits per heavy atom. The fourth-order valence-corrected chi connectivity index (χ4v) is 8.84. The van der Waals surface area contributed by atoms with Crippen LogP contribution in [0, 0.1) is 0 Å². The number of rotatable bonds is 4. The average Bonchev–Trinajstić information content (AvgIpc) is 3.78. The third-order valence-electron chi connectivity index (χ3n) is 10.2. The molecule has 0 saturated carbocycles. The Kier molecular flexibility index (Phi) is 6.42. The smallest absolute Gasteiger partial charge is 0.160 e. The molecule has 11 aromatic rings. The number of furan rings is 1. The van der Waals surface area contributed by atoms with Gasteiger partial charge in [0.1, 0.15) is 11.2 Å². The topological polar surface area (TPSA) is 38.9 Å². The van der Waals surface area contributed by atoms with E-state index in [1.807, 2.05) is 23.5 Å². The van der Waals surface area contributed by atoms with E-state index >= 15 is 0 Å². The molecule has 0 aliphatic heterocycles. The molecular formula is C48H28N2OS. The van der Waals surface area contributed by atoms with Gasteiger partial charge in [0, 0.05) is 47.6 Å². The normalized spacial score (nSPS) is 11.8. The molecule has 242 valence electrons. The van der Waals surface area contributed by atoms with Crippen LogP contribution in [0.1, 0.15) is 0 Å². The van der Waals surface area contributed by atoms with E-state index in [4.69, 9.17) is 14.4 Å². The number of hydrogen-bond acceptors (Lipinski definition) is 4. The van der Waals surface area contributed by atoms with E-state index in [0.29, 0.717) is 5.82 Å². The van der Waals surface area contributed by atoms with Gasteiger partial charge in [0.2, 0.25) is 0 Å². The maximum absolute atomic E-state index is 6.32. The molecule has 3 heterocycles. The van der Waals surface area contributed by atoms with Crippen LogP contribution in [0.3, 0.4) is 0 Å². The minimum absolute atomic E-state index is 0.687. The van der Waals surface area contributed by atoms with Gasteiger partial charge in [0.15, 0.2) is 5.82 Å². The lowest BCUT2D eigenvalue weighted by molar-refractivity contribution is 0.669. The van der Waals surface area contributed by atoms with E-state index in [9.17, 15) is 0 Å². The van der Waals surface area contributed by atoms with Crippen LogP contribution in [0.15, 0.2) is 174 Å². The van der Waals surface area contributed by atoms with Crippen molar-refractivity contribution >= 4 is 75.0 Å². The van der Waals surface area contributed by atoms with Gasteiger partial charge >= 0.3 is 0 Å². The van der Waals surface area contributed by atoms with Crippen molar-refractivity contribution < 1.29 is 4.42 Å². The molecular weight excluding hydrogens is 653 g/mol. The molecule has 3 nitrogen and oxygen atoms in total. The van der Waals surface area contributed by atoms with Gasteiger partial charge in [-0.15, -0.1) is 11.3 Å². The Morgan fingerprint density at radius 3 is 1.81 bits per heavy atom. The first kappa shape index (κ1) is 29.1. The Balaban J connectivity index is 1.16. The number of benzene rings is 8. The van der Waals surface area contributed by atoms with Gasteiger partial charge in [-0.1, -0.05) is 115 Å². The monoisotopic (exact) mass is 680 g/mol. The molecule has 0 saturated heterocycles. The second-order valence-corrected chi connectivity index (χ2v) is 14.5. The molecule has 0 N–H and O–H groups in total. The maximum Gasteiger partial charge on any atom is 0.160 e. The average molecular weight is 681 g/mol. The van der Waals surface area contributed by atoms with Crippen molar-refractivity contribution in [3.05, 3.63) is 170 Å². The van der Waals surface area contributed by atoms with Crippen LogP contribution in [-0.4, -0.2) is 9.97 Å². The van der Waals surface area contributed by atoms with Crippen molar-refractivity contribution in [2.75, 3.05) is 0 Å². The summed E-state index contributed by atoms with van der Waals surface area (Å²) in [7, 11) is 0. The molecule has 0 amide bonds. The number of para-hydroxylation sites is 1. The molecule has 4 heteroatoms. The summed E-state index contributed by atoms with van der Waals surface area (Å²) in [5, 5.41) is 9.56. The lowest BCUT2D eigenvalue weighted by atomic mass is 9.94. The molecule has 3 aromatic heterocycles. The van der Waals surface area contributed by atoms with Crippen molar-refractivity contribution in [1.29, 1.82) is 0 Å². The van der Waals surface area contributed by atoms with Gasteiger partial charge in [0.25, 0.3) is 0 Å². The van der Waals surface area contributed by atoms with Crippen LogP contribution in [-0.2, 0) is 0 Å². The Labute approximate surface area is 303 Å². The van der Waals surface area contributed by atoms with Gasteiger partial charge in [-0.25, -0.2) is 9.97 Å². The third-order valence-corrected chi connectivity index (χ3v) is 11.4. The minimum atomic E-state index is 0.687. The van der Waals surface area contributed by atoms with E-state index in [-0.39, 0.29) is 0 Å². The predicted molar refractivity (Wildman–Crippen MR) is 219 cm³/mol. The molecule has 0 spiro atoms. The zero-order valence-corrected chi connectivity index (χ0v) is 28.7. The van der Waals surface area contributed by atoms with Crippen molar-refractivity contribution in [2.45, 2.75) is 0 Å². The summed E-state index contributed by atoms with van der Waals surface area (Å²) in [6, 6.07) is 60.4. The van der Waals surface area contributed by atoms with Crippen LogP contribution in [0.25, 0.3) is 109 Å². The highest BCUT2D eigenvalue weighted by molar-refractivity contribution is 7.26. The lowest BCUT2D eigenvalue weighted by Gasteiger charge is -2.13. The summed E-state index contributed by atoms with van der Waals surface area (Å²) in [5.74, 6) is 0.687. The molecule has 0 aliphatic rings. The van der Waals surface area contributed by atoms with Gasteiger partial charge in [-0.05, 0) is 87.3 Å². The van der Waals surface area contributed by atoms with Crippen LogP contribution in [0.4, 0.5) is 0 Å². The predicted octanol–water partition coefficient (Wildman–Crippen LogP) is 13.7. The molecule has 0 atom stereocenters. The lowest BCUT2D eigenvalue weighted by Crippen LogP contribution is -1.96. The van der Waals surface area contributed by atoms with Gasteiger partial charge in [0.05, 0.1) is 11.4 Å². The molecule has 0 unspecified atom stereocenters. The largest absolute Gasteiger partial charge is 0.456 e. The Hall–Kier alpha value is -6.62. The second-order valence-electron chi connectivity index (χ2n) is 13.4. The summed E-state index contributed by atoms with van der Waals surface area (Å²) in [6.07, 6.45) is 0. The number of thiophene rings is 1. The van der Waals surface area contributed by atoms with Crippen molar-refractivity contribution in [2.24, 2.45) is 0 Å². The first-order valence-corrected chi connectivity index (χ1v) is 18.3. The van der Waals surface area contributed by atoms with E-state index in [1.54, 1.807) is 0 Å². The van der Waals surface area contributed by atoms with Crippen LogP contribution in [0.5, 0.6) is 0 Å². The second kappa shape index (κ2) is 11.5.